The number of aromatic nitrogens is 1. The molecule has 7 heteroatoms. The number of nitrogens with one attached hydrogen (secondary N) is 1. The molecule has 0 aliphatic carbocycles. The molecule has 3 rings (SSSR count). The maximum Gasteiger partial charge on any atom is 0.260 e. The Hall–Kier alpha value is -2.64. The number of carbonyl (C=O) groups is 1. The molecule has 0 bridgehead atoms. The molecule has 0 aliphatic heterocycles. The highest BCUT2D eigenvalue weighted by Crippen LogP contribution is 2.32. The normalized spacial score (nSPS) is 11.1. The number of methoxy groups -OCH3 is 1. The van der Waals surface area contributed by atoms with E-state index in [1.165, 1.54) is 16.2 Å². The molecule has 0 atom stereocenters. The summed E-state index contributed by atoms with van der Waals surface area (Å²) in [4.78, 5) is 21.1. The van der Waals surface area contributed by atoms with Gasteiger partial charge >= 0.3 is 0 Å². The molecule has 1 N–H and O–H groups in total. The number of hydrogen-bond acceptors (Lipinski definition) is 5. The molecule has 0 unspecified atom stereocenters. The van der Waals surface area contributed by atoms with Crippen molar-refractivity contribution in [2.75, 3.05) is 45.8 Å². The Morgan fingerprint density at radius 3 is 2.53 bits per heavy atom. The zero-order valence-corrected chi connectivity index (χ0v) is 18.9. The number of fused-ring (bicyclic) bond motifs is 1. The molecular formula is C23H30N3O3S+. The third-order valence-corrected chi connectivity index (χ3v) is 5.80. The molecule has 0 saturated heterocycles. The second-order valence-electron chi connectivity index (χ2n) is 7.47. The number of amides is 1. The Labute approximate surface area is 182 Å². The summed E-state index contributed by atoms with van der Waals surface area (Å²) >= 11 is 1.51. The molecule has 0 aliphatic rings. The van der Waals surface area contributed by atoms with Crippen LogP contribution in [0.2, 0.25) is 0 Å². The summed E-state index contributed by atoms with van der Waals surface area (Å²) in [6, 6.07) is 13.2. The van der Waals surface area contributed by atoms with Gasteiger partial charge in [0.25, 0.3) is 5.91 Å². The predicted octanol–water partition coefficient (Wildman–Crippen LogP) is 3.28. The monoisotopic (exact) mass is 428 g/mol. The maximum absolute atomic E-state index is 13.3. The van der Waals surface area contributed by atoms with Gasteiger partial charge in [0.2, 0.25) is 0 Å². The third-order valence-electron chi connectivity index (χ3n) is 4.76. The van der Waals surface area contributed by atoms with Gasteiger partial charge in [-0.2, -0.15) is 0 Å². The number of hydrogen-bond donors (Lipinski definition) is 1. The first kappa shape index (κ1) is 22.1. The van der Waals surface area contributed by atoms with E-state index in [4.69, 9.17) is 14.5 Å². The number of anilines is 1. The van der Waals surface area contributed by atoms with Crippen molar-refractivity contribution in [2.24, 2.45) is 0 Å². The Morgan fingerprint density at radius 2 is 1.87 bits per heavy atom. The topological polar surface area (TPSA) is 56.1 Å². The highest BCUT2D eigenvalue weighted by Gasteiger charge is 2.22. The van der Waals surface area contributed by atoms with Crippen LogP contribution in [-0.2, 0) is 0 Å². The Balaban J connectivity index is 1.84. The van der Waals surface area contributed by atoms with Gasteiger partial charge in [-0.15, -0.1) is 0 Å². The smallest absolute Gasteiger partial charge is 0.260 e. The molecule has 1 aromatic heterocycles. The molecule has 0 saturated carbocycles. The molecule has 6 nitrogen and oxygen atoms in total. The van der Waals surface area contributed by atoms with Crippen molar-refractivity contribution in [1.29, 1.82) is 0 Å². The molecule has 0 fully saturated rings. The van der Waals surface area contributed by atoms with Crippen LogP contribution in [0.15, 0.2) is 42.5 Å². The Bertz CT molecular complexity index is 969. The van der Waals surface area contributed by atoms with E-state index >= 15 is 0 Å². The van der Waals surface area contributed by atoms with Crippen LogP contribution in [0, 0.1) is 0 Å². The first-order valence-electron chi connectivity index (χ1n) is 10.3. The fraction of sp³-hybridized carbons (Fsp3) is 0.391. The van der Waals surface area contributed by atoms with Crippen LogP contribution in [0.1, 0.15) is 30.1 Å². The van der Waals surface area contributed by atoms with E-state index in [2.05, 4.69) is 21.0 Å². The van der Waals surface area contributed by atoms with Gasteiger partial charge in [0.05, 0.1) is 51.1 Å². The number of rotatable bonds is 10. The highest BCUT2D eigenvalue weighted by atomic mass is 32.1. The van der Waals surface area contributed by atoms with Crippen molar-refractivity contribution in [3.05, 3.63) is 48.0 Å². The van der Waals surface area contributed by atoms with E-state index < -0.39 is 0 Å². The fourth-order valence-electron chi connectivity index (χ4n) is 2.94. The van der Waals surface area contributed by atoms with E-state index in [0.717, 1.165) is 41.1 Å². The van der Waals surface area contributed by atoms with Gasteiger partial charge in [0.15, 0.2) is 5.13 Å². The molecule has 0 spiro atoms. The number of nitrogens with zero attached hydrogens (tertiary/aromatic N) is 2. The van der Waals surface area contributed by atoms with Crippen LogP contribution in [0.25, 0.3) is 10.2 Å². The highest BCUT2D eigenvalue weighted by molar-refractivity contribution is 7.22. The number of ether oxygens (including phenoxy) is 2. The van der Waals surface area contributed by atoms with Crippen LogP contribution in [0.3, 0.4) is 0 Å². The van der Waals surface area contributed by atoms with E-state index in [9.17, 15) is 4.79 Å². The van der Waals surface area contributed by atoms with Crippen LogP contribution < -0.4 is 19.3 Å². The largest absolute Gasteiger partial charge is 0.497 e. The molecule has 0 radical (unpaired) electrons. The molecular weight excluding hydrogens is 398 g/mol. The van der Waals surface area contributed by atoms with Crippen molar-refractivity contribution >= 4 is 32.6 Å². The summed E-state index contributed by atoms with van der Waals surface area (Å²) in [5, 5.41) is 0.702. The van der Waals surface area contributed by atoms with Crippen molar-refractivity contribution in [1.82, 2.24) is 4.98 Å². The lowest BCUT2D eigenvalue weighted by molar-refractivity contribution is -0.856. The number of quaternary nitrogens is 1. The minimum absolute atomic E-state index is 0.0534. The van der Waals surface area contributed by atoms with E-state index in [-0.39, 0.29) is 5.91 Å². The Morgan fingerprint density at radius 1 is 1.13 bits per heavy atom. The lowest BCUT2D eigenvalue weighted by atomic mass is 10.2. The van der Waals surface area contributed by atoms with E-state index in [1.807, 2.05) is 42.5 Å². The van der Waals surface area contributed by atoms with Crippen molar-refractivity contribution in [2.45, 2.75) is 19.8 Å². The summed E-state index contributed by atoms with van der Waals surface area (Å²) in [7, 11) is 5.80. The zero-order valence-electron chi connectivity index (χ0n) is 18.1. The van der Waals surface area contributed by atoms with Gasteiger partial charge in [-0.1, -0.05) is 24.7 Å². The van der Waals surface area contributed by atoms with Gasteiger partial charge in [-0.3, -0.25) is 9.69 Å². The fourth-order valence-corrected chi connectivity index (χ4v) is 3.96. The van der Waals surface area contributed by atoms with Gasteiger partial charge in [-0.05, 0) is 48.9 Å². The standard InChI is InChI=1S/C23H29N3O3S/c1-5-6-15-29-18-9-7-17(8-10-18)22(27)26(14-13-25(2)3)23-24-20-12-11-19(28-4)16-21(20)30-23/h7-12,16H,5-6,13-15H2,1-4H3/p+1. The number of thiazole rings is 1. The van der Waals surface area contributed by atoms with E-state index in [0.29, 0.717) is 23.8 Å². The van der Waals surface area contributed by atoms with Crippen molar-refractivity contribution in [3.63, 3.8) is 0 Å². The SMILES string of the molecule is CCCCOc1ccc(C(=O)N(CC[NH+](C)C)c2nc3ccc(OC)cc3s2)cc1. The number of unbranched alkanes of at least 4 members (excludes halogenated alkanes) is 1. The average molecular weight is 429 g/mol. The average Bonchev–Trinajstić information content (AvgIpc) is 3.17. The molecule has 30 heavy (non-hydrogen) atoms. The van der Waals surface area contributed by atoms with Crippen LogP contribution in [-0.4, -0.2) is 51.8 Å². The minimum atomic E-state index is -0.0534. The summed E-state index contributed by atoms with van der Waals surface area (Å²) < 4.78 is 12.0. The maximum atomic E-state index is 13.3. The second kappa shape index (κ2) is 10.4. The summed E-state index contributed by atoms with van der Waals surface area (Å²) in [5.74, 6) is 1.52. The molecule has 1 amide bonds. The van der Waals surface area contributed by atoms with Crippen LogP contribution >= 0.6 is 11.3 Å². The van der Waals surface area contributed by atoms with Gasteiger partial charge < -0.3 is 14.4 Å². The summed E-state index contributed by atoms with van der Waals surface area (Å²) in [5.41, 5.74) is 1.49. The Kier molecular flexibility index (Phi) is 7.65. The third kappa shape index (κ3) is 5.49. The molecule has 1 heterocycles. The number of carbonyl (C=O) groups excluding carboxylic acids is 1. The first-order valence-corrected chi connectivity index (χ1v) is 11.1. The van der Waals surface area contributed by atoms with Crippen molar-refractivity contribution < 1.29 is 19.2 Å². The van der Waals surface area contributed by atoms with Crippen LogP contribution in [0.4, 0.5) is 5.13 Å². The molecule has 3 aromatic rings. The van der Waals surface area contributed by atoms with Crippen LogP contribution in [0.5, 0.6) is 11.5 Å². The molecule has 2 aromatic carbocycles. The quantitative estimate of drug-likeness (QED) is 0.504. The first-order chi connectivity index (χ1) is 14.5. The lowest BCUT2D eigenvalue weighted by Gasteiger charge is -2.21. The van der Waals surface area contributed by atoms with Crippen molar-refractivity contribution in [3.8, 4) is 11.5 Å². The molecule has 160 valence electrons. The zero-order chi connectivity index (χ0) is 21.5. The number of likely N-dealkylation sites (N-methyl/N-ethyl adjacent to an activating group) is 1. The predicted molar refractivity (Wildman–Crippen MR) is 122 cm³/mol. The summed E-state index contributed by atoms with van der Waals surface area (Å²) in [6.45, 7) is 4.24. The minimum Gasteiger partial charge on any atom is -0.497 e. The number of benzene rings is 2. The second-order valence-corrected chi connectivity index (χ2v) is 8.48. The lowest BCUT2D eigenvalue weighted by Crippen LogP contribution is -3.06. The summed E-state index contributed by atoms with van der Waals surface area (Å²) in [6.07, 6.45) is 2.11. The van der Waals surface area contributed by atoms with Gasteiger partial charge in [0.1, 0.15) is 11.5 Å². The van der Waals surface area contributed by atoms with Gasteiger partial charge in [0, 0.05) is 5.56 Å². The van der Waals surface area contributed by atoms with E-state index in [1.54, 1.807) is 12.0 Å². The van der Waals surface area contributed by atoms with Gasteiger partial charge in [-0.25, -0.2) is 4.98 Å².